The van der Waals surface area contributed by atoms with Crippen LogP contribution in [0.5, 0.6) is 0 Å². The minimum atomic E-state index is -0.804. The molecular weight excluding hydrogens is 470 g/mol. The molecule has 38 heavy (non-hydrogen) atoms. The lowest BCUT2D eigenvalue weighted by molar-refractivity contribution is -0.209. The first-order chi connectivity index (χ1) is 17.5. The SMILES string of the molecule is CC(C)C1O[C@]23C(=O)C=C4[C@@]5(C)C=C(C#N)C(=O)C(C)(C)[C@@H]5CC[C@@]4(C)[C@]2(C)CC[C@]12CCC(C)(C)CC23. The average molecular weight is 518 g/mol. The highest BCUT2D eigenvalue weighted by Crippen LogP contribution is 2.79. The minimum absolute atomic E-state index is 0.0534. The van der Waals surface area contributed by atoms with Crippen molar-refractivity contribution in [3.63, 3.8) is 0 Å². The highest BCUT2D eigenvalue weighted by Gasteiger charge is 2.81. The molecule has 3 saturated carbocycles. The molecule has 5 aliphatic carbocycles. The number of carbonyl (C=O) groups is 2. The van der Waals surface area contributed by atoms with Crippen molar-refractivity contribution < 1.29 is 14.3 Å². The molecule has 1 heterocycles. The number of allylic oxidation sites excluding steroid dienone is 3. The third kappa shape index (κ3) is 2.67. The molecule has 0 aromatic rings. The van der Waals surface area contributed by atoms with E-state index >= 15 is 0 Å². The van der Waals surface area contributed by atoms with E-state index in [1.54, 1.807) is 0 Å². The first-order valence-electron chi connectivity index (χ1n) is 15.1. The molecule has 0 N–H and O–H groups in total. The van der Waals surface area contributed by atoms with Gasteiger partial charge in [-0.2, -0.15) is 5.26 Å². The zero-order valence-electron chi connectivity index (χ0n) is 25.1. The van der Waals surface area contributed by atoms with Crippen molar-refractivity contribution in [1.82, 2.24) is 0 Å². The van der Waals surface area contributed by atoms with Crippen LogP contribution in [0.4, 0.5) is 0 Å². The van der Waals surface area contributed by atoms with E-state index in [0.29, 0.717) is 5.92 Å². The summed E-state index contributed by atoms with van der Waals surface area (Å²) in [6, 6.07) is 2.22. The van der Waals surface area contributed by atoms with Gasteiger partial charge in [-0.3, -0.25) is 9.59 Å². The lowest BCUT2D eigenvalue weighted by Crippen LogP contribution is -2.71. The van der Waals surface area contributed by atoms with Crippen LogP contribution in [0.1, 0.15) is 107 Å². The van der Waals surface area contributed by atoms with E-state index in [0.717, 1.165) is 44.1 Å². The molecule has 4 fully saturated rings. The molecule has 6 aliphatic rings. The number of nitriles is 1. The molecule has 1 spiro atoms. The fourth-order valence-corrected chi connectivity index (χ4v) is 11.5. The van der Waals surface area contributed by atoms with Crippen molar-refractivity contribution in [3.8, 4) is 6.07 Å². The third-order valence-corrected chi connectivity index (χ3v) is 13.6. The van der Waals surface area contributed by atoms with E-state index in [1.807, 2.05) is 26.0 Å². The van der Waals surface area contributed by atoms with E-state index in [4.69, 9.17) is 4.74 Å². The molecule has 0 aromatic heterocycles. The van der Waals surface area contributed by atoms with Crippen molar-refractivity contribution in [1.29, 1.82) is 5.26 Å². The second kappa shape index (κ2) is 7.31. The smallest absolute Gasteiger partial charge is 0.188 e. The standard InChI is InChI=1S/C34H47NO3/c1-20(2)27-33-14-12-28(3,4)18-24(33)34(38-27)25(36)16-23-30(7)17-21(19-35)26(37)29(5,6)22(30)10-11-31(23,8)32(34,9)13-15-33/h16-17,20,22,24,27H,10-15,18H2,1-9H3/t22-,24?,27?,30-,31+,32-,33-,34+/m0/s1. The van der Waals surface area contributed by atoms with Gasteiger partial charge in [-0.15, -0.1) is 0 Å². The van der Waals surface area contributed by atoms with Gasteiger partial charge in [0.05, 0.1) is 11.7 Å². The molecule has 206 valence electrons. The fourth-order valence-electron chi connectivity index (χ4n) is 11.5. The Morgan fingerprint density at radius 3 is 2.24 bits per heavy atom. The Bertz CT molecular complexity index is 1250. The number of ketones is 2. The Hall–Kier alpha value is -1.73. The molecule has 1 saturated heterocycles. The summed E-state index contributed by atoms with van der Waals surface area (Å²) in [5.74, 6) is 0.764. The van der Waals surface area contributed by atoms with Crippen LogP contribution in [0.3, 0.4) is 0 Å². The summed E-state index contributed by atoms with van der Waals surface area (Å²) in [6.45, 7) is 20.3. The van der Waals surface area contributed by atoms with Crippen molar-refractivity contribution >= 4 is 11.6 Å². The minimum Gasteiger partial charge on any atom is -0.362 e. The van der Waals surface area contributed by atoms with Gasteiger partial charge >= 0.3 is 0 Å². The van der Waals surface area contributed by atoms with Gasteiger partial charge in [0.2, 0.25) is 0 Å². The van der Waals surface area contributed by atoms with Crippen LogP contribution in [0.25, 0.3) is 0 Å². The van der Waals surface area contributed by atoms with Gasteiger partial charge < -0.3 is 4.74 Å². The van der Waals surface area contributed by atoms with Crippen molar-refractivity contribution in [2.45, 2.75) is 119 Å². The van der Waals surface area contributed by atoms with E-state index in [1.165, 1.54) is 6.42 Å². The van der Waals surface area contributed by atoms with Crippen LogP contribution < -0.4 is 0 Å². The predicted molar refractivity (Wildman–Crippen MR) is 148 cm³/mol. The maximum Gasteiger partial charge on any atom is 0.188 e. The number of hydrogen-bond donors (Lipinski definition) is 0. The lowest BCUT2D eigenvalue weighted by Gasteiger charge is -2.69. The number of nitrogens with zero attached hydrogens (tertiary/aromatic N) is 1. The molecular formula is C34H47NO3. The van der Waals surface area contributed by atoms with E-state index in [9.17, 15) is 14.9 Å². The number of Topliss-reactive ketones (excluding diaryl/α,β-unsaturated/α-hetero) is 1. The summed E-state index contributed by atoms with van der Waals surface area (Å²) in [6.07, 6.45) is 11.4. The van der Waals surface area contributed by atoms with E-state index in [-0.39, 0.29) is 56.7 Å². The maximum absolute atomic E-state index is 14.9. The molecule has 4 heteroatoms. The van der Waals surface area contributed by atoms with Gasteiger partial charge in [-0.1, -0.05) is 68.4 Å². The zero-order chi connectivity index (χ0) is 27.9. The van der Waals surface area contributed by atoms with Gasteiger partial charge in [-0.25, -0.2) is 0 Å². The summed E-state index contributed by atoms with van der Waals surface area (Å²) in [7, 11) is 0. The van der Waals surface area contributed by atoms with Gasteiger partial charge in [0.15, 0.2) is 11.6 Å². The molecule has 2 unspecified atom stereocenters. The Kier molecular flexibility index (Phi) is 5.10. The summed E-state index contributed by atoms with van der Waals surface area (Å²) in [5.41, 5.74) is -0.870. The van der Waals surface area contributed by atoms with Gasteiger partial charge in [-0.05, 0) is 79.3 Å². The van der Waals surface area contributed by atoms with E-state index < -0.39 is 16.4 Å². The van der Waals surface area contributed by atoms with Crippen LogP contribution in [0.2, 0.25) is 0 Å². The second-order valence-corrected chi connectivity index (χ2v) is 16.4. The molecule has 0 amide bonds. The van der Waals surface area contributed by atoms with Crippen molar-refractivity contribution in [3.05, 3.63) is 23.3 Å². The molecule has 2 bridgehead atoms. The Morgan fingerprint density at radius 2 is 1.61 bits per heavy atom. The molecule has 1 aliphatic heterocycles. The van der Waals surface area contributed by atoms with Crippen LogP contribution in [0, 0.1) is 61.6 Å². The van der Waals surface area contributed by atoms with Gasteiger partial charge in [0, 0.05) is 27.6 Å². The Morgan fingerprint density at radius 1 is 0.947 bits per heavy atom. The quantitative estimate of drug-likeness (QED) is 0.364. The van der Waals surface area contributed by atoms with Crippen LogP contribution in [-0.2, 0) is 14.3 Å². The summed E-state index contributed by atoms with van der Waals surface area (Å²) < 4.78 is 7.35. The van der Waals surface area contributed by atoms with Crippen molar-refractivity contribution in [2.75, 3.05) is 0 Å². The highest BCUT2D eigenvalue weighted by molar-refractivity contribution is 6.05. The zero-order valence-corrected chi connectivity index (χ0v) is 25.1. The fraction of sp³-hybridized carbons (Fsp3) is 0.794. The van der Waals surface area contributed by atoms with Crippen LogP contribution in [-0.4, -0.2) is 23.3 Å². The summed E-state index contributed by atoms with van der Waals surface area (Å²) >= 11 is 0. The summed E-state index contributed by atoms with van der Waals surface area (Å²) in [4.78, 5) is 28.2. The number of carbonyl (C=O) groups excluding carboxylic acids is 2. The molecule has 6 rings (SSSR count). The number of rotatable bonds is 1. The first kappa shape index (κ1) is 26.5. The molecule has 0 radical (unpaired) electrons. The van der Waals surface area contributed by atoms with Crippen LogP contribution >= 0.6 is 0 Å². The average Bonchev–Trinajstić information content (AvgIpc) is 3.05. The van der Waals surface area contributed by atoms with Crippen molar-refractivity contribution in [2.24, 2.45) is 50.2 Å². The first-order valence-corrected chi connectivity index (χ1v) is 15.1. The highest BCUT2D eigenvalue weighted by atomic mass is 16.5. The predicted octanol–water partition coefficient (Wildman–Crippen LogP) is 7.38. The van der Waals surface area contributed by atoms with Crippen LogP contribution in [0.15, 0.2) is 23.3 Å². The maximum atomic E-state index is 14.9. The van der Waals surface area contributed by atoms with E-state index in [2.05, 4.69) is 54.5 Å². The number of hydrogen-bond acceptors (Lipinski definition) is 4. The normalized spacial score (nSPS) is 50.2. The third-order valence-electron chi connectivity index (χ3n) is 13.6. The Balaban J connectivity index is 1.60. The largest absolute Gasteiger partial charge is 0.362 e. The number of ether oxygens (including phenoxy) is 1. The monoisotopic (exact) mass is 517 g/mol. The van der Waals surface area contributed by atoms with Gasteiger partial charge in [0.1, 0.15) is 11.7 Å². The molecule has 4 nitrogen and oxygen atoms in total. The topological polar surface area (TPSA) is 67.2 Å². The molecule has 8 atom stereocenters. The van der Waals surface area contributed by atoms with Gasteiger partial charge in [0.25, 0.3) is 0 Å². The lowest BCUT2D eigenvalue weighted by atomic mass is 9.33. The second-order valence-electron chi connectivity index (χ2n) is 16.4. The molecule has 0 aromatic carbocycles. The number of fused-ring (bicyclic) bond motifs is 4. The Labute approximate surface area is 229 Å². The summed E-state index contributed by atoms with van der Waals surface area (Å²) in [5, 5.41) is 9.95.